The van der Waals surface area contributed by atoms with Gasteiger partial charge in [-0.25, -0.2) is 0 Å². The molecule has 0 heterocycles. The summed E-state index contributed by atoms with van der Waals surface area (Å²) in [4.78, 5) is 12.5. The van der Waals surface area contributed by atoms with Gasteiger partial charge in [-0.3, -0.25) is 4.79 Å². The number of alkyl halides is 3. The lowest BCUT2D eigenvalue weighted by molar-refractivity contribution is -0.137. The number of aromatic hydroxyl groups is 2. The summed E-state index contributed by atoms with van der Waals surface area (Å²) in [5.74, 6) is -1.00. The SMILES string of the molecule is O=C(Nc1cc(Cl)ccc1OCCc1cccc(C(F)(F)F)c1)c1cc(O)ccc1O. The molecule has 0 unspecified atom stereocenters. The largest absolute Gasteiger partial charge is 0.508 e. The van der Waals surface area contributed by atoms with Crippen LogP contribution < -0.4 is 10.1 Å². The number of rotatable bonds is 6. The lowest BCUT2D eigenvalue weighted by Gasteiger charge is -2.14. The first kappa shape index (κ1) is 22.3. The molecule has 1 amide bonds. The molecule has 0 atom stereocenters. The van der Waals surface area contributed by atoms with Crippen molar-refractivity contribution in [3.8, 4) is 17.2 Å². The Morgan fingerprint density at radius 2 is 1.81 bits per heavy atom. The van der Waals surface area contributed by atoms with Gasteiger partial charge in [-0.2, -0.15) is 13.2 Å². The molecule has 3 aromatic rings. The number of phenols is 2. The third-order valence-corrected chi connectivity index (χ3v) is 4.55. The zero-order valence-corrected chi connectivity index (χ0v) is 16.7. The van der Waals surface area contributed by atoms with E-state index in [1.54, 1.807) is 6.07 Å². The number of carbonyl (C=O) groups is 1. The van der Waals surface area contributed by atoms with Gasteiger partial charge in [0.1, 0.15) is 17.2 Å². The van der Waals surface area contributed by atoms with Gasteiger partial charge in [-0.05, 0) is 48.0 Å². The highest BCUT2D eigenvalue weighted by molar-refractivity contribution is 6.31. The Bertz CT molecular complexity index is 1100. The van der Waals surface area contributed by atoms with E-state index in [0.717, 1.165) is 18.2 Å². The van der Waals surface area contributed by atoms with Gasteiger partial charge in [0, 0.05) is 11.4 Å². The number of carbonyl (C=O) groups excluding carboxylic acids is 1. The number of hydrogen-bond donors (Lipinski definition) is 3. The lowest BCUT2D eigenvalue weighted by Crippen LogP contribution is -2.14. The summed E-state index contributed by atoms with van der Waals surface area (Å²) in [7, 11) is 0. The Labute approximate surface area is 180 Å². The highest BCUT2D eigenvalue weighted by atomic mass is 35.5. The predicted octanol–water partition coefficient (Wildman–Crippen LogP) is 5.64. The maximum Gasteiger partial charge on any atom is 0.416 e. The number of halogens is 4. The summed E-state index contributed by atoms with van der Waals surface area (Å²) < 4.78 is 44.2. The van der Waals surface area contributed by atoms with Gasteiger partial charge in [0.05, 0.1) is 23.4 Å². The fourth-order valence-electron chi connectivity index (χ4n) is 2.80. The van der Waals surface area contributed by atoms with Crippen molar-refractivity contribution in [3.63, 3.8) is 0 Å². The molecular formula is C22H17ClF3NO4. The Balaban J connectivity index is 1.72. The third-order valence-electron chi connectivity index (χ3n) is 4.32. The smallest absolute Gasteiger partial charge is 0.416 e. The van der Waals surface area contributed by atoms with Crippen LogP contribution in [0, 0.1) is 0 Å². The molecule has 0 aliphatic heterocycles. The van der Waals surface area contributed by atoms with Crippen LogP contribution in [0.5, 0.6) is 17.2 Å². The number of amides is 1. The van der Waals surface area contributed by atoms with Crippen LogP contribution in [0.15, 0.2) is 60.7 Å². The number of anilines is 1. The lowest BCUT2D eigenvalue weighted by atomic mass is 10.1. The van der Waals surface area contributed by atoms with Gasteiger partial charge in [0.2, 0.25) is 0 Å². The number of benzene rings is 3. The van der Waals surface area contributed by atoms with Crippen molar-refractivity contribution in [2.75, 3.05) is 11.9 Å². The first-order chi connectivity index (χ1) is 14.6. The third kappa shape index (κ3) is 5.82. The first-order valence-electron chi connectivity index (χ1n) is 9.05. The fourth-order valence-corrected chi connectivity index (χ4v) is 2.98. The van der Waals surface area contributed by atoms with E-state index < -0.39 is 17.6 Å². The second kappa shape index (κ2) is 9.18. The zero-order chi connectivity index (χ0) is 22.6. The topological polar surface area (TPSA) is 78.8 Å². The predicted molar refractivity (Wildman–Crippen MR) is 110 cm³/mol. The molecule has 0 radical (unpaired) electrons. The van der Waals surface area contributed by atoms with Crippen molar-refractivity contribution in [2.45, 2.75) is 12.6 Å². The van der Waals surface area contributed by atoms with Crippen molar-refractivity contribution in [1.82, 2.24) is 0 Å². The quantitative estimate of drug-likeness (QED) is 0.423. The van der Waals surface area contributed by atoms with E-state index in [4.69, 9.17) is 16.3 Å². The van der Waals surface area contributed by atoms with Crippen molar-refractivity contribution < 1.29 is 32.9 Å². The van der Waals surface area contributed by atoms with Crippen molar-refractivity contribution >= 4 is 23.2 Å². The molecule has 0 aliphatic rings. The molecule has 3 aromatic carbocycles. The van der Waals surface area contributed by atoms with Crippen LogP contribution in [0.4, 0.5) is 18.9 Å². The van der Waals surface area contributed by atoms with Crippen molar-refractivity contribution in [1.29, 1.82) is 0 Å². The zero-order valence-electron chi connectivity index (χ0n) is 15.9. The Morgan fingerprint density at radius 3 is 2.55 bits per heavy atom. The molecule has 9 heteroatoms. The van der Waals surface area contributed by atoms with Crippen molar-refractivity contribution in [2.24, 2.45) is 0 Å². The molecule has 0 saturated heterocycles. The van der Waals surface area contributed by atoms with E-state index in [9.17, 15) is 28.2 Å². The second-order valence-corrected chi connectivity index (χ2v) is 7.03. The minimum atomic E-state index is -4.43. The second-order valence-electron chi connectivity index (χ2n) is 6.59. The molecule has 0 saturated carbocycles. The van der Waals surface area contributed by atoms with Crippen LogP contribution in [0.2, 0.25) is 5.02 Å². The van der Waals surface area contributed by atoms with Gasteiger partial charge < -0.3 is 20.3 Å². The Kier molecular flexibility index (Phi) is 6.60. The minimum Gasteiger partial charge on any atom is -0.508 e. The number of hydrogen-bond acceptors (Lipinski definition) is 4. The number of nitrogens with one attached hydrogen (secondary N) is 1. The van der Waals surface area contributed by atoms with Crippen LogP contribution in [-0.2, 0) is 12.6 Å². The monoisotopic (exact) mass is 451 g/mol. The summed E-state index contributed by atoms with van der Waals surface area (Å²) in [5.41, 5.74) is -0.256. The Hall–Kier alpha value is -3.39. The van der Waals surface area contributed by atoms with Crippen molar-refractivity contribution in [3.05, 3.63) is 82.4 Å². The van der Waals surface area contributed by atoms with Crippen LogP contribution in [0.1, 0.15) is 21.5 Å². The fraction of sp³-hybridized carbons (Fsp3) is 0.136. The molecule has 3 N–H and O–H groups in total. The summed E-state index contributed by atoms with van der Waals surface area (Å²) in [6, 6.07) is 12.9. The summed E-state index contributed by atoms with van der Waals surface area (Å²) in [6.45, 7) is 0.0448. The molecule has 0 spiro atoms. The molecule has 5 nitrogen and oxygen atoms in total. The molecule has 0 bridgehead atoms. The van der Waals surface area contributed by atoms with Crippen LogP contribution >= 0.6 is 11.6 Å². The minimum absolute atomic E-state index is 0.0448. The standard InChI is InChI=1S/C22H17ClF3NO4/c23-15-4-7-20(31-9-8-13-2-1-3-14(10-13)22(24,25)26)18(11-15)27-21(30)17-12-16(28)5-6-19(17)29/h1-7,10-12,28-29H,8-9H2,(H,27,30). The average molecular weight is 452 g/mol. The molecule has 0 aliphatic carbocycles. The first-order valence-corrected chi connectivity index (χ1v) is 9.43. The molecule has 162 valence electrons. The van der Waals surface area contributed by atoms with Gasteiger partial charge in [-0.15, -0.1) is 0 Å². The molecule has 0 aromatic heterocycles. The highest BCUT2D eigenvalue weighted by Crippen LogP contribution is 2.31. The van der Waals surface area contributed by atoms with Gasteiger partial charge >= 0.3 is 6.18 Å². The van der Waals surface area contributed by atoms with E-state index in [1.807, 2.05) is 0 Å². The summed E-state index contributed by atoms with van der Waals surface area (Å²) in [5, 5.41) is 22.2. The number of phenolic OH excluding ortho intramolecular Hbond substituents is 2. The highest BCUT2D eigenvalue weighted by Gasteiger charge is 2.30. The van der Waals surface area contributed by atoms with Gasteiger partial charge in [0.25, 0.3) is 5.91 Å². The van der Waals surface area contributed by atoms with Gasteiger partial charge in [-0.1, -0.05) is 29.8 Å². The van der Waals surface area contributed by atoms with E-state index in [0.29, 0.717) is 10.6 Å². The molecule has 3 rings (SSSR count). The summed E-state index contributed by atoms with van der Waals surface area (Å²) >= 11 is 5.99. The van der Waals surface area contributed by atoms with E-state index in [1.165, 1.54) is 36.4 Å². The van der Waals surface area contributed by atoms with E-state index in [2.05, 4.69) is 5.32 Å². The maximum atomic E-state index is 12.8. The molecular weight excluding hydrogens is 435 g/mol. The van der Waals surface area contributed by atoms with E-state index >= 15 is 0 Å². The van der Waals surface area contributed by atoms with Gasteiger partial charge in [0.15, 0.2) is 0 Å². The van der Waals surface area contributed by atoms with E-state index in [-0.39, 0.29) is 41.5 Å². The maximum absolute atomic E-state index is 12.8. The normalized spacial score (nSPS) is 11.2. The number of ether oxygens (including phenoxy) is 1. The average Bonchev–Trinajstić information content (AvgIpc) is 2.71. The Morgan fingerprint density at radius 1 is 1.03 bits per heavy atom. The van der Waals surface area contributed by atoms with Crippen LogP contribution in [0.3, 0.4) is 0 Å². The molecule has 31 heavy (non-hydrogen) atoms. The summed E-state index contributed by atoms with van der Waals surface area (Å²) in [6.07, 6.45) is -4.23. The van der Waals surface area contributed by atoms with Crippen LogP contribution in [0.25, 0.3) is 0 Å². The molecule has 0 fully saturated rings. The van der Waals surface area contributed by atoms with Crippen LogP contribution in [-0.4, -0.2) is 22.7 Å².